The predicted octanol–water partition coefficient (Wildman–Crippen LogP) is 2.28. The summed E-state index contributed by atoms with van der Waals surface area (Å²) >= 11 is 7.54. The van der Waals surface area contributed by atoms with E-state index >= 15 is 0 Å². The van der Waals surface area contributed by atoms with E-state index in [2.05, 4.69) is 55.9 Å². The molecule has 0 aromatic heterocycles. The summed E-state index contributed by atoms with van der Waals surface area (Å²) in [6, 6.07) is 0. The van der Waals surface area contributed by atoms with Gasteiger partial charge in [0, 0.05) is 0 Å². The second-order valence-electron chi connectivity index (χ2n) is 0.214. The zero-order valence-corrected chi connectivity index (χ0v) is 11.0. The van der Waals surface area contributed by atoms with Crippen molar-refractivity contribution in [3.05, 3.63) is 0 Å². The molecule has 0 aromatic rings. The van der Waals surface area contributed by atoms with Gasteiger partial charge in [-0.05, 0) is 0 Å². The molecule has 0 aliphatic carbocycles. The van der Waals surface area contributed by atoms with E-state index in [1.807, 2.05) is 0 Å². The first-order valence-corrected chi connectivity index (χ1v) is 25.5. The van der Waals surface area contributed by atoms with Crippen molar-refractivity contribution in [2.75, 3.05) is 0 Å². The van der Waals surface area contributed by atoms with Crippen LogP contribution in [0.5, 0.6) is 0 Å². The third kappa shape index (κ3) is 8.89. The van der Waals surface area contributed by atoms with Gasteiger partial charge in [-0.1, -0.05) is 0 Å². The molecule has 0 saturated heterocycles. The van der Waals surface area contributed by atoms with Gasteiger partial charge in [-0.3, -0.25) is 0 Å². The van der Waals surface area contributed by atoms with Crippen LogP contribution in [0.25, 0.3) is 0 Å². The molecule has 0 aliphatic heterocycles. The Morgan fingerprint density at radius 3 is 1.00 bits per heavy atom. The van der Waals surface area contributed by atoms with E-state index < -0.39 is 7.86 Å². The van der Waals surface area contributed by atoms with Crippen LogP contribution in [0, 0.1) is 0 Å². The molecule has 0 aromatic carbocycles. The summed E-state index contributed by atoms with van der Waals surface area (Å²) in [5.74, 6) is 0. The molecule has 0 unspecified atom stereocenters. The van der Waals surface area contributed by atoms with Crippen LogP contribution in [0.1, 0.15) is 0 Å². The molecule has 0 atom stereocenters. The maximum atomic E-state index is 2.51. The molecule has 0 saturated carbocycles. The van der Waals surface area contributed by atoms with Crippen molar-refractivity contribution in [3.8, 4) is 0 Å². The molecule has 0 bridgehead atoms. The molecule has 4 heteroatoms. The van der Waals surface area contributed by atoms with Crippen molar-refractivity contribution in [2.45, 2.75) is 0 Å². The summed E-state index contributed by atoms with van der Waals surface area (Å²) in [5.41, 5.74) is 0. The van der Waals surface area contributed by atoms with Gasteiger partial charge < -0.3 is 0 Å². The monoisotopic (exact) mass is 501 g/mol. The zero-order chi connectivity index (χ0) is 3.58. The third-order valence-corrected chi connectivity index (χ3v) is 0. The van der Waals surface area contributed by atoms with Gasteiger partial charge in [0.25, 0.3) is 0 Å². The van der Waals surface area contributed by atoms with Crippen LogP contribution >= 0.6 is 55.9 Å². The van der Waals surface area contributed by atoms with E-state index in [-0.39, 0.29) is 0 Å². The van der Waals surface area contributed by atoms with Crippen molar-refractivity contribution in [2.24, 2.45) is 0 Å². The molecule has 0 amide bonds. The van der Waals surface area contributed by atoms with Crippen molar-refractivity contribution in [1.82, 2.24) is 0 Å². The van der Waals surface area contributed by atoms with Crippen LogP contribution in [-0.4, -0.2) is 7.86 Å². The summed E-state index contributed by atoms with van der Waals surface area (Å²) in [7, 11) is -0.633. The predicted molar refractivity (Wildman–Crippen MR) is 47.8 cm³/mol. The molecule has 0 nitrogen and oxygen atoms in total. The third-order valence-electron chi connectivity index (χ3n) is 0. The molecule has 0 heterocycles. The van der Waals surface area contributed by atoms with Crippen LogP contribution in [0.4, 0.5) is 0 Å². The summed E-state index contributed by atoms with van der Waals surface area (Å²) in [4.78, 5) is 0. The standard InChI is InChI=1S/3HI.Sn/h3*1H;/q;;;+2/p-3. The SMILES string of the molecule is [I][Sn-]([I])[I]. The molecular formula is I3Sn-. The van der Waals surface area contributed by atoms with Gasteiger partial charge >= 0.3 is 63.8 Å². The van der Waals surface area contributed by atoms with Gasteiger partial charge in [-0.25, -0.2) is 0 Å². The van der Waals surface area contributed by atoms with E-state index in [0.29, 0.717) is 0 Å². The van der Waals surface area contributed by atoms with Crippen molar-refractivity contribution in [1.29, 1.82) is 0 Å². The number of hydrogen-bond donors (Lipinski definition) is 0. The van der Waals surface area contributed by atoms with Crippen molar-refractivity contribution >= 4 is 63.8 Å². The number of halogens is 3. The second kappa shape index (κ2) is 4.16. The van der Waals surface area contributed by atoms with Gasteiger partial charge in [-0.2, -0.15) is 0 Å². The van der Waals surface area contributed by atoms with Gasteiger partial charge in [0.15, 0.2) is 0 Å². The first-order chi connectivity index (χ1) is 1.73. The Morgan fingerprint density at radius 2 is 1.00 bits per heavy atom. The molecular weight excluding hydrogens is 499 g/mol. The minimum absolute atomic E-state index is 0.633. The number of hydrogen-bond acceptors (Lipinski definition) is 0. The van der Waals surface area contributed by atoms with Crippen LogP contribution in [0.15, 0.2) is 0 Å². The first kappa shape index (κ1) is 6.99. The zero-order valence-electron chi connectivity index (χ0n) is 1.63. The molecule has 26 valence electrons. The molecule has 0 aliphatic rings. The van der Waals surface area contributed by atoms with Crippen molar-refractivity contribution in [3.63, 3.8) is 0 Å². The molecule has 0 fully saturated rings. The first-order valence-electron chi connectivity index (χ1n) is 0.567. The molecule has 4 heavy (non-hydrogen) atoms. The molecule has 0 rings (SSSR count). The van der Waals surface area contributed by atoms with E-state index in [9.17, 15) is 0 Å². The molecule has 0 spiro atoms. The summed E-state index contributed by atoms with van der Waals surface area (Å²) in [6.45, 7) is 0. The van der Waals surface area contributed by atoms with Gasteiger partial charge in [0.1, 0.15) is 0 Å². The quantitative estimate of drug-likeness (QED) is 0.355. The van der Waals surface area contributed by atoms with E-state index in [1.54, 1.807) is 0 Å². The van der Waals surface area contributed by atoms with Crippen LogP contribution < -0.4 is 0 Å². The number of rotatable bonds is 0. The van der Waals surface area contributed by atoms with Crippen LogP contribution in [0.2, 0.25) is 0 Å². The van der Waals surface area contributed by atoms with E-state index in [0.717, 1.165) is 0 Å². The Labute approximate surface area is 61.8 Å². The average molecular weight is 499 g/mol. The second-order valence-corrected chi connectivity index (χ2v) is 64.7. The minimum atomic E-state index is -0.633. The molecule has 0 radical (unpaired) electrons. The fraction of sp³-hybridized carbons (Fsp3) is 0. The summed E-state index contributed by atoms with van der Waals surface area (Å²) < 4.78 is 0. The topological polar surface area (TPSA) is 0 Å². The normalized spacial score (nSPS) is 9.00. The van der Waals surface area contributed by atoms with Crippen LogP contribution in [0.3, 0.4) is 0 Å². The average Bonchev–Trinajstić information content (AvgIpc) is 0.811. The van der Waals surface area contributed by atoms with Gasteiger partial charge in [-0.15, -0.1) is 0 Å². The Hall–Kier alpha value is 2.99. The fourth-order valence-corrected chi connectivity index (χ4v) is 0. The summed E-state index contributed by atoms with van der Waals surface area (Å²) in [6.07, 6.45) is 0. The van der Waals surface area contributed by atoms with Crippen LogP contribution in [-0.2, 0) is 0 Å². The van der Waals surface area contributed by atoms with Gasteiger partial charge in [0.2, 0.25) is 0 Å². The van der Waals surface area contributed by atoms with E-state index in [4.69, 9.17) is 0 Å². The Kier molecular flexibility index (Phi) is 7.26. The van der Waals surface area contributed by atoms with E-state index in [1.165, 1.54) is 0 Å². The molecule has 0 N–H and O–H groups in total. The Balaban J connectivity index is 2.32. The summed E-state index contributed by atoms with van der Waals surface area (Å²) in [5, 5.41) is 0. The maximum absolute atomic E-state index is 2.51. The Bertz CT molecular complexity index is 8.00. The van der Waals surface area contributed by atoms with Gasteiger partial charge in [0.05, 0.1) is 0 Å². The van der Waals surface area contributed by atoms with Crippen molar-refractivity contribution < 1.29 is 0 Å². The Morgan fingerprint density at radius 1 is 1.00 bits per heavy atom. The fourth-order valence-electron chi connectivity index (χ4n) is 0.